The molecule has 0 bridgehead atoms. The predicted molar refractivity (Wildman–Crippen MR) is 72.5 cm³/mol. The normalized spacial score (nSPS) is 15.7. The number of esters is 1. The molecule has 6 nitrogen and oxygen atoms in total. The Morgan fingerprint density at radius 2 is 2.05 bits per heavy atom. The van der Waals surface area contributed by atoms with Crippen molar-refractivity contribution in [2.24, 2.45) is 10.3 Å². The highest BCUT2D eigenvalue weighted by atomic mass is 16.5. The highest BCUT2D eigenvalue weighted by molar-refractivity contribution is 5.89. The van der Waals surface area contributed by atoms with E-state index in [0.717, 1.165) is 12.8 Å². The van der Waals surface area contributed by atoms with Crippen LogP contribution in [0.5, 0.6) is 0 Å². The average Bonchev–Trinajstić information content (AvgIpc) is 2.47. The van der Waals surface area contributed by atoms with Gasteiger partial charge in [0, 0.05) is 13.0 Å². The van der Waals surface area contributed by atoms with Gasteiger partial charge in [-0.2, -0.15) is 0 Å². The Labute approximate surface area is 117 Å². The van der Waals surface area contributed by atoms with Gasteiger partial charge < -0.3 is 4.74 Å². The van der Waals surface area contributed by atoms with Crippen LogP contribution in [0.1, 0.15) is 36.5 Å². The van der Waals surface area contributed by atoms with E-state index in [2.05, 4.69) is 10.3 Å². The van der Waals surface area contributed by atoms with Crippen molar-refractivity contribution in [3.63, 3.8) is 0 Å². The molecule has 20 heavy (non-hydrogen) atoms. The van der Waals surface area contributed by atoms with Crippen LogP contribution >= 0.6 is 0 Å². The number of carbonyl (C=O) groups is 2. The van der Waals surface area contributed by atoms with Crippen LogP contribution in [0, 0.1) is 0 Å². The lowest BCUT2D eigenvalue weighted by Gasteiger charge is -2.19. The van der Waals surface area contributed by atoms with Crippen LogP contribution < -0.4 is 0 Å². The topological polar surface area (TPSA) is 71.3 Å². The second kappa shape index (κ2) is 6.79. The second-order valence-corrected chi connectivity index (χ2v) is 4.43. The average molecular weight is 275 g/mol. The number of piperidine rings is 1. The monoisotopic (exact) mass is 275 g/mol. The maximum Gasteiger partial charge on any atom is 0.338 e. The van der Waals surface area contributed by atoms with Gasteiger partial charge in [-0.05, 0) is 44.0 Å². The summed E-state index contributed by atoms with van der Waals surface area (Å²) in [5.41, 5.74) is 1.07. The van der Waals surface area contributed by atoms with Gasteiger partial charge in [-0.3, -0.25) is 4.79 Å². The first-order valence-electron chi connectivity index (χ1n) is 6.70. The molecule has 0 N–H and O–H groups in total. The third kappa shape index (κ3) is 3.63. The van der Waals surface area contributed by atoms with Crippen molar-refractivity contribution in [2.45, 2.75) is 26.2 Å². The summed E-state index contributed by atoms with van der Waals surface area (Å²) in [6, 6.07) is 6.60. The van der Waals surface area contributed by atoms with Crippen molar-refractivity contribution in [3.8, 4) is 0 Å². The lowest BCUT2D eigenvalue weighted by Crippen LogP contribution is -2.30. The summed E-state index contributed by atoms with van der Waals surface area (Å²) in [7, 11) is 0. The Bertz CT molecular complexity index is 511. The molecular weight excluding hydrogens is 258 g/mol. The predicted octanol–water partition coefficient (Wildman–Crippen LogP) is 2.87. The lowest BCUT2D eigenvalue weighted by atomic mass is 10.1. The van der Waals surface area contributed by atoms with Crippen molar-refractivity contribution in [1.29, 1.82) is 0 Å². The molecule has 0 saturated carbocycles. The van der Waals surface area contributed by atoms with E-state index in [1.807, 2.05) is 0 Å². The molecule has 1 aliphatic heterocycles. The first kappa shape index (κ1) is 14.2. The minimum Gasteiger partial charge on any atom is -0.462 e. The van der Waals surface area contributed by atoms with Crippen LogP contribution in [0.2, 0.25) is 0 Å². The Kier molecular flexibility index (Phi) is 4.81. The SMILES string of the molecule is CCOC(=O)c1ccc(N=NN2CCCCC2=O)cc1. The number of amides is 1. The maximum absolute atomic E-state index is 11.5. The van der Waals surface area contributed by atoms with E-state index in [1.54, 1.807) is 31.2 Å². The van der Waals surface area contributed by atoms with Gasteiger partial charge >= 0.3 is 5.97 Å². The molecule has 1 saturated heterocycles. The molecule has 0 aromatic heterocycles. The fourth-order valence-electron chi connectivity index (χ4n) is 1.87. The van der Waals surface area contributed by atoms with E-state index in [9.17, 15) is 9.59 Å². The van der Waals surface area contributed by atoms with Gasteiger partial charge in [0.05, 0.1) is 17.9 Å². The van der Waals surface area contributed by atoms with Crippen LogP contribution in [-0.2, 0) is 9.53 Å². The van der Waals surface area contributed by atoms with Gasteiger partial charge in [0.1, 0.15) is 0 Å². The molecular formula is C14H17N3O3. The van der Waals surface area contributed by atoms with Crippen molar-refractivity contribution in [2.75, 3.05) is 13.2 Å². The molecule has 0 unspecified atom stereocenters. The summed E-state index contributed by atoms with van der Waals surface area (Å²) < 4.78 is 4.89. The summed E-state index contributed by atoms with van der Waals surface area (Å²) in [5, 5.41) is 9.33. The third-order valence-corrected chi connectivity index (χ3v) is 2.95. The molecule has 1 aliphatic rings. The minimum atomic E-state index is -0.359. The van der Waals surface area contributed by atoms with Crippen molar-refractivity contribution in [1.82, 2.24) is 5.01 Å². The maximum atomic E-state index is 11.5. The smallest absolute Gasteiger partial charge is 0.338 e. The molecule has 2 rings (SSSR count). The largest absolute Gasteiger partial charge is 0.462 e. The van der Waals surface area contributed by atoms with Gasteiger partial charge in [0.2, 0.25) is 5.91 Å². The second-order valence-electron chi connectivity index (χ2n) is 4.43. The van der Waals surface area contributed by atoms with Crippen LogP contribution in [0.4, 0.5) is 5.69 Å². The Morgan fingerprint density at radius 3 is 2.70 bits per heavy atom. The fourth-order valence-corrected chi connectivity index (χ4v) is 1.87. The summed E-state index contributed by atoms with van der Waals surface area (Å²) >= 11 is 0. The highest BCUT2D eigenvalue weighted by Crippen LogP contribution is 2.17. The van der Waals surface area contributed by atoms with E-state index in [1.165, 1.54) is 5.01 Å². The third-order valence-electron chi connectivity index (χ3n) is 2.95. The Balaban J connectivity index is 1.99. The molecule has 0 aliphatic carbocycles. The van der Waals surface area contributed by atoms with Crippen molar-refractivity contribution in [3.05, 3.63) is 29.8 Å². The molecule has 106 valence electrons. The van der Waals surface area contributed by atoms with E-state index in [4.69, 9.17) is 4.74 Å². The van der Waals surface area contributed by atoms with E-state index in [0.29, 0.717) is 30.8 Å². The minimum absolute atomic E-state index is 0.00291. The molecule has 1 heterocycles. The number of benzene rings is 1. The van der Waals surface area contributed by atoms with Crippen LogP contribution in [0.3, 0.4) is 0 Å². The quantitative estimate of drug-likeness (QED) is 0.626. The van der Waals surface area contributed by atoms with E-state index < -0.39 is 0 Å². The van der Waals surface area contributed by atoms with Gasteiger partial charge in [-0.25, -0.2) is 9.80 Å². The van der Waals surface area contributed by atoms with E-state index in [-0.39, 0.29) is 11.9 Å². The summed E-state index contributed by atoms with van der Waals surface area (Å²) in [4.78, 5) is 23.0. The summed E-state index contributed by atoms with van der Waals surface area (Å²) in [6.45, 7) is 2.72. The van der Waals surface area contributed by atoms with Crippen LogP contribution in [0.15, 0.2) is 34.6 Å². The molecule has 0 radical (unpaired) electrons. The van der Waals surface area contributed by atoms with E-state index >= 15 is 0 Å². The Morgan fingerprint density at radius 1 is 1.30 bits per heavy atom. The zero-order chi connectivity index (χ0) is 14.4. The molecule has 6 heteroatoms. The van der Waals surface area contributed by atoms with Gasteiger partial charge in [-0.15, -0.1) is 5.11 Å². The number of ether oxygens (including phenoxy) is 1. The highest BCUT2D eigenvalue weighted by Gasteiger charge is 2.17. The Hall–Kier alpha value is -2.24. The molecule has 1 amide bonds. The zero-order valence-electron chi connectivity index (χ0n) is 11.4. The van der Waals surface area contributed by atoms with Crippen molar-refractivity contribution >= 4 is 17.6 Å². The van der Waals surface area contributed by atoms with Crippen molar-refractivity contribution < 1.29 is 14.3 Å². The first-order valence-corrected chi connectivity index (χ1v) is 6.70. The fraction of sp³-hybridized carbons (Fsp3) is 0.429. The van der Waals surface area contributed by atoms with Gasteiger partial charge in [-0.1, -0.05) is 5.22 Å². The number of hydrogen-bond acceptors (Lipinski definition) is 5. The molecule has 1 aromatic rings. The first-order chi connectivity index (χ1) is 9.70. The number of rotatable bonds is 4. The standard InChI is InChI=1S/C14H17N3O3/c1-2-20-14(19)11-6-8-12(9-7-11)15-16-17-10-4-3-5-13(17)18/h6-9H,2-5,10H2,1H3. The number of hydrogen-bond donors (Lipinski definition) is 0. The molecule has 1 fully saturated rings. The summed E-state index contributed by atoms with van der Waals surface area (Å²) in [5.74, 6) is -0.356. The molecule has 0 spiro atoms. The number of carbonyl (C=O) groups excluding carboxylic acids is 2. The van der Waals surface area contributed by atoms with Gasteiger partial charge in [0.25, 0.3) is 0 Å². The summed E-state index contributed by atoms with van der Waals surface area (Å²) in [6.07, 6.45) is 2.40. The van der Waals surface area contributed by atoms with Crippen LogP contribution in [0.25, 0.3) is 0 Å². The van der Waals surface area contributed by atoms with Crippen LogP contribution in [-0.4, -0.2) is 30.0 Å². The lowest BCUT2D eigenvalue weighted by molar-refractivity contribution is -0.133. The van der Waals surface area contributed by atoms with Gasteiger partial charge in [0.15, 0.2) is 0 Å². The molecule has 1 aromatic carbocycles. The molecule has 0 atom stereocenters. The number of nitrogens with zero attached hydrogens (tertiary/aromatic N) is 3. The zero-order valence-corrected chi connectivity index (χ0v) is 11.4.